The van der Waals surface area contributed by atoms with Crippen molar-refractivity contribution in [1.29, 1.82) is 0 Å². The average Bonchev–Trinajstić information content (AvgIpc) is 2.90. The highest BCUT2D eigenvalue weighted by Gasteiger charge is 2.32. The molecule has 8 heteroatoms. The monoisotopic (exact) mass is 310 g/mol. The van der Waals surface area contributed by atoms with E-state index in [-0.39, 0.29) is 11.7 Å². The van der Waals surface area contributed by atoms with Crippen molar-refractivity contribution >= 4 is 11.7 Å². The summed E-state index contributed by atoms with van der Waals surface area (Å²) in [6.07, 6.45) is -2.38. The van der Waals surface area contributed by atoms with E-state index in [4.69, 9.17) is 5.73 Å². The molecule has 1 aliphatic heterocycles. The molecule has 1 aromatic carbocycles. The summed E-state index contributed by atoms with van der Waals surface area (Å²) in [5, 5.41) is 3.01. The minimum atomic E-state index is -4.39. The van der Waals surface area contributed by atoms with Gasteiger partial charge in [-0.3, -0.25) is 4.79 Å². The number of nitrogens with two attached hydrogens (primary N) is 1. The fraction of sp³-hybridized carbons (Fsp3) is 0.286. The first-order valence-corrected chi connectivity index (χ1v) is 6.65. The summed E-state index contributed by atoms with van der Waals surface area (Å²) >= 11 is 0. The molecule has 116 valence electrons. The van der Waals surface area contributed by atoms with Crippen molar-refractivity contribution in [2.75, 3.05) is 11.9 Å². The van der Waals surface area contributed by atoms with Gasteiger partial charge in [0.15, 0.2) is 5.69 Å². The summed E-state index contributed by atoms with van der Waals surface area (Å²) in [7, 11) is 0. The van der Waals surface area contributed by atoms with Gasteiger partial charge in [-0.15, -0.1) is 0 Å². The maximum Gasteiger partial charge on any atom is 0.416 e. The molecular weight excluding hydrogens is 297 g/mol. The predicted molar refractivity (Wildman–Crippen MR) is 73.4 cm³/mol. The van der Waals surface area contributed by atoms with Gasteiger partial charge in [0.2, 0.25) is 0 Å². The summed E-state index contributed by atoms with van der Waals surface area (Å²) in [5.74, 6) is -0.230. The Labute approximate surface area is 123 Å². The first kappa shape index (κ1) is 14.4. The quantitative estimate of drug-likeness (QED) is 0.894. The predicted octanol–water partition coefficient (Wildman–Crippen LogP) is 2.41. The molecule has 3 rings (SSSR count). The number of hydrogen-bond acceptors (Lipinski definition) is 3. The van der Waals surface area contributed by atoms with E-state index in [0.29, 0.717) is 24.3 Å². The van der Waals surface area contributed by atoms with Gasteiger partial charge in [-0.25, -0.2) is 4.98 Å². The first-order valence-electron chi connectivity index (χ1n) is 6.65. The molecule has 2 heterocycles. The van der Waals surface area contributed by atoms with Crippen molar-refractivity contribution in [2.24, 2.45) is 5.73 Å². The summed E-state index contributed by atoms with van der Waals surface area (Å²) in [6, 6.07) is 4.86. The van der Waals surface area contributed by atoms with Crippen LogP contribution < -0.4 is 11.1 Å². The number of nitrogens with zero attached hydrogens (tertiary/aromatic N) is 2. The number of anilines is 1. The van der Waals surface area contributed by atoms with Gasteiger partial charge >= 0.3 is 6.18 Å². The maximum atomic E-state index is 12.8. The Balaban J connectivity index is 2.03. The van der Waals surface area contributed by atoms with Gasteiger partial charge in [-0.2, -0.15) is 13.2 Å². The van der Waals surface area contributed by atoms with Crippen LogP contribution in [0.4, 0.5) is 19.0 Å². The Morgan fingerprint density at radius 3 is 2.86 bits per heavy atom. The summed E-state index contributed by atoms with van der Waals surface area (Å²) in [5.41, 5.74) is 5.16. The number of hydrogen-bond donors (Lipinski definition) is 2. The third-order valence-electron chi connectivity index (χ3n) is 3.67. The molecule has 1 atom stereocenters. The van der Waals surface area contributed by atoms with Gasteiger partial charge in [-0.1, -0.05) is 12.1 Å². The third kappa shape index (κ3) is 2.40. The molecule has 1 unspecified atom stereocenters. The molecule has 1 aromatic heterocycles. The number of alkyl halides is 3. The van der Waals surface area contributed by atoms with Crippen LogP contribution in [0, 0.1) is 0 Å². The average molecular weight is 310 g/mol. The SMILES string of the molecule is NC(=O)c1ncn2c1NCCC2c1cccc(C(F)(F)F)c1. The fourth-order valence-corrected chi connectivity index (χ4v) is 2.67. The number of aromatic nitrogens is 2. The molecule has 22 heavy (non-hydrogen) atoms. The van der Waals surface area contributed by atoms with Crippen molar-refractivity contribution in [3.63, 3.8) is 0 Å². The van der Waals surface area contributed by atoms with E-state index in [1.807, 2.05) is 0 Å². The van der Waals surface area contributed by atoms with Crippen LogP contribution >= 0.6 is 0 Å². The van der Waals surface area contributed by atoms with Crippen molar-refractivity contribution in [1.82, 2.24) is 9.55 Å². The molecule has 0 fully saturated rings. The molecule has 0 saturated heterocycles. The van der Waals surface area contributed by atoms with Crippen LogP contribution in [0.3, 0.4) is 0 Å². The lowest BCUT2D eigenvalue weighted by Crippen LogP contribution is -2.25. The first-order chi connectivity index (χ1) is 10.4. The third-order valence-corrected chi connectivity index (χ3v) is 3.67. The van der Waals surface area contributed by atoms with Gasteiger partial charge in [0.05, 0.1) is 17.9 Å². The van der Waals surface area contributed by atoms with E-state index < -0.39 is 17.6 Å². The molecule has 0 radical (unpaired) electrons. The molecule has 2 aromatic rings. The molecule has 0 saturated carbocycles. The molecule has 3 N–H and O–H groups in total. The van der Waals surface area contributed by atoms with Gasteiger partial charge in [-0.05, 0) is 24.1 Å². The zero-order chi connectivity index (χ0) is 15.9. The number of fused-ring (bicyclic) bond motifs is 1. The largest absolute Gasteiger partial charge is 0.416 e. The summed E-state index contributed by atoms with van der Waals surface area (Å²) < 4.78 is 40.2. The number of carbonyl (C=O) groups is 1. The molecule has 0 bridgehead atoms. The minimum Gasteiger partial charge on any atom is -0.369 e. The van der Waals surface area contributed by atoms with Gasteiger partial charge in [0, 0.05) is 6.54 Å². The van der Waals surface area contributed by atoms with E-state index in [2.05, 4.69) is 10.3 Å². The Morgan fingerprint density at radius 1 is 1.41 bits per heavy atom. The highest BCUT2D eigenvalue weighted by molar-refractivity contribution is 5.95. The van der Waals surface area contributed by atoms with Gasteiger partial charge in [0.25, 0.3) is 5.91 Å². The maximum absolute atomic E-state index is 12.8. The number of carbonyl (C=O) groups excluding carboxylic acids is 1. The normalized spacial score (nSPS) is 17.7. The van der Waals surface area contributed by atoms with E-state index in [9.17, 15) is 18.0 Å². The minimum absolute atomic E-state index is 0.0941. The lowest BCUT2D eigenvalue weighted by Gasteiger charge is -2.27. The molecule has 0 aliphatic carbocycles. The number of primary amides is 1. The Hall–Kier alpha value is -2.51. The second kappa shape index (κ2) is 5.04. The topological polar surface area (TPSA) is 72.9 Å². The van der Waals surface area contributed by atoms with Crippen molar-refractivity contribution in [3.05, 3.63) is 47.4 Å². The van der Waals surface area contributed by atoms with Crippen LogP contribution in [0.5, 0.6) is 0 Å². The molecule has 0 spiro atoms. The summed E-state index contributed by atoms with van der Waals surface area (Å²) in [4.78, 5) is 15.3. The standard InChI is InChI=1S/C14H13F3N4O/c15-14(16,17)9-3-1-2-8(6-9)10-4-5-19-13-11(12(18)22)20-7-21(10)13/h1-3,6-7,10,19H,4-5H2,(H2,18,22). The van der Waals surface area contributed by atoms with Crippen molar-refractivity contribution < 1.29 is 18.0 Å². The highest BCUT2D eigenvalue weighted by atomic mass is 19.4. The van der Waals surface area contributed by atoms with Crippen LogP contribution in [0.1, 0.15) is 34.1 Å². The number of benzene rings is 1. The molecule has 1 amide bonds. The number of halogens is 3. The second-order valence-electron chi connectivity index (χ2n) is 5.07. The van der Waals surface area contributed by atoms with E-state index in [1.165, 1.54) is 12.4 Å². The lowest BCUT2D eigenvalue weighted by atomic mass is 9.99. The fourth-order valence-electron chi connectivity index (χ4n) is 2.67. The van der Waals surface area contributed by atoms with Crippen LogP contribution in [0.25, 0.3) is 0 Å². The number of nitrogens with one attached hydrogen (secondary N) is 1. The van der Waals surface area contributed by atoms with Crippen LogP contribution in [0.15, 0.2) is 30.6 Å². The molecule has 1 aliphatic rings. The molecule has 5 nitrogen and oxygen atoms in total. The van der Waals surface area contributed by atoms with Crippen molar-refractivity contribution in [3.8, 4) is 0 Å². The van der Waals surface area contributed by atoms with E-state index >= 15 is 0 Å². The lowest BCUT2D eigenvalue weighted by molar-refractivity contribution is -0.137. The number of imidazole rings is 1. The Morgan fingerprint density at radius 2 is 2.18 bits per heavy atom. The van der Waals surface area contributed by atoms with Gasteiger partial charge < -0.3 is 15.6 Å². The van der Waals surface area contributed by atoms with Gasteiger partial charge in [0.1, 0.15) is 5.82 Å². The van der Waals surface area contributed by atoms with Crippen LogP contribution in [0.2, 0.25) is 0 Å². The zero-order valence-corrected chi connectivity index (χ0v) is 11.4. The Bertz CT molecular complexity index is 723. The number of amides is 1. The second-order valence-corrected chi connectivity index (χ2v) is 5.07. The summed E-state index contributed by atoms with van der Waals surface area (Å²) in [6.45, 7) is 0.521. The van der Waals surface area contributed by atoms with E-state index in [1.54, 1.807) is 10.6 Å². The van der Waals surface area contributed by atoms with Crippen LogP contribution in [-0.2, 0) is 6.18 Å². The van der Waals surface area contributed by atoms with Crippen molar-refractivity contribution in [2.45, 2.75) is 18.6 Å². The van der Waals surface area contributed by atoms with Crippen LogP contribution in [-0.4, -0.2) is 22.0 Å². The van der Waals surface area contributed by atoms with E-state index in [0.717, 1.165) is 12.1 Å². The smallest absolute Gasteiger partial charge is 0.369 e. The Kier molecular flexibility index (Phi) is 3.31. The molecular formula is C14H13F3N4O. The highest BCUT2D eigenvalue weighted by Crippen LogP contribution is 2.35. The zero-order valence-electron chi connectivity index (χ0n) is 11.4. The number of rotatable bonds is 2.